The summed E-state index contributed by atoms with van der Waals surface area (Å²) in [5.41, 5.74) is 5.59. The number of carbonyl (C=O) groups is 2. The fourth-order valence-electron chi connectivity index (χ4n) is 5.16. The molecule has 2 aliphatic heterocycles. The minimum atomic E-state index is -4.06. The molecule has 2 aromatic carbocycles. The number of nitrogens with two attached hydrogens (primary N) is 1. The lowest BCUT2D eigenvalue weighted by Crippen LogP contribution is -2.52. The molecule has 2 aliphatic rings. The second-order valence-electron chi connectivity index (χ2n) is 10.2. The molecule has 0 spiro atoms. The number of rotatable bonds is 10. The molecule has 2 heterocycles. The molecule has 0 aliphatic carbocycles. The molecule has 2 saturated heterocycles. The van der Waals surface area contributed by atoms with E-state index in [0.717, 1.165) is 61.1 Å². The van der Waals surface area contributed by atoms with Crippen LogP contribution in [0.3, 0.4) is 0 Å². The molecular weight excluding hydrogens is 538 g/mol. The Morgan fingerprint density at radius 2 is 1.82 bits per heavy atom. The topological polar surface area (TPSA) is 146 Å². The smallest absolute Gasteiger partial charge is 0.302 e. The molecule has 12 heteroatoms. The normalized spacial score (nSPS) is 19.3. The largest absolute Gasteiger partial charge is 0.464 e. The second kappa shape index (κ2) is 13.0. The number of ether oxygens (including phenoxy) is 1. The first-order valence-corrected chi connectivity index (χ1v) is 15.9. The molecule has 0 saturated carbocycles. The molecule has 2 atom stereocenters. The fourth-order valence-corrected chi connectivity index (χ4v) is 7.79. The van der Waals surface area contributed by atoms with Crippen molar-refractivity contribution in [1.29, 1.82) is 5.41 Å². The molecule has 0 radical (unpaired) electrons. The Morgan fingerprint density at radius 3 is 2.51 bits per heavy atom. The summed E-state index contributed by atoms with van der Waals surface area (Å²) in [6.45, 7) is 2.99. The van der Waals surface area contributed by atoms with Crippen molar-refractivity contribution in [3.05, 3.63) is 42.5 Å². The highest BCUT2D eigenvalue weighted by atomic mass is 32.2. The SMILES string of the molecule is CC(=O)OC[C@@H](NS(=O)(=O)c1ccc2ccccc2c1)C(=O)N1CCC[C@H]1CSCC1CCN(C(=N)N)CC1. The maximum Gasteiger partial charge on any atom is 0.302 e. The molecule has 4 rings (SSSR count). The number of amides is 1. The van der Waals surface area contributed by atoms with Gasteiger partial charge in [-0.3, -0.25) is 15.0 Å². The molecule has 212 valence electrons. The van der Waals surface area contributed by atoms with Gasteiger partial charge in [-0.15, -0.1) is 0 Å². The molecule has 4 N–H and O–H groups in total. The van der Waals surface area contributed by atoms with Crippen LogP contribution >= 0.6 is 11.8 Å². The number of esters is 1. The summed E-state index contributed by atoms with van der Waals surface area (Å²) in [6, 6.07) is 11.0. The maximum absolute atomic E-state index is 13.6. The maximum atomic E-state index is 13.6. The van der Waals surface area contributed by atoms with Gasteiger partial charge in [0, 0.05) is 38.4 Å². The first kappa shape index (κ1) is 29.2. The van der Waals surface area contributed by atoms with Crippen LogP contribution in [0.25, 0.3) is 10.8 Å². The van der Waals surface area contributed by atoms with E-state index in [9.17, 15) is 18.0 Å². The first-order valence-electron chi connectivity index (χ1n) is 13.3. The first-order chi connectivity index (χ1) is 18.6. The van der Waals surface area contributed by atoms with Crippen molar-refractivity contribution in [2.45, 2.75) is 49.6 Å². The van der Waals surface area contributed by atoms with E-state index >= 15 is 0 Å². The summed E-state index contributed by atoms with van der Waals surface area (Å²) in [5, 5.41) is 9.26. The Labute approximate surface area is 234 Å². The van der Waals surface area contributed by atoms with E-state index in [-0.39, 0.29) is 29.4 Å². The number of guanidine groups is 1. The van der Waals surface area contributed by atoms with E-state index in [1.165, 1.54) is 13.0 Å². The van der Waals surface area contributed by atoms with Crippen molar-refractivity contribution < 1.29 is 22.7 Å². The van der Waals surface area contributed by atoms with Crippen molar-refractivity contribution in [1.82, 2.24) is 14.5 Å². The van der Waals surface area contributed by atoms with Crippen LogP contribution in [-0.2, 0) is 24.3 Å². The summed E-state index contributed by atoms with van der Waals surface area (Å²) < 4.78 is 34.2. The third-order valence-electron chi connectivity index (χ3n) is 7.36. The van der Waals surface area contributed by atoms with Crippen molar-refractivity contribution in [2.75, 3.05) is 37.7 Å². The number of nitrogens with zero attached hydrogens (tertiary/aromatic N) is 2. The summed E-state index contributed by atoms with van der Waals surface area (Å²) >= 11 is 1.81. The minimum absolute atomic E-state index is 0.00944. The lowest BCUT2D eigenvalue weighted by molar-refractivity contribution is -0.144. The molecule has 2 fully saturated rings. The van der Waals surface area contributed by atoms with Gasteiger partial charge >= 0.3 is 5.97 Å². The monoisotopic (exact) mass is 575 g/mol. The predicted molar refractivity (Wildman–Crippen MR) is 153 cm³/mol. The molecule has 0 unspecified atom stereocenters. The zero-order valence-corrected chi connectivity index (χ0v) is 23.8. The average molecular weight is 576 g/mol. The van der Waals surface area contributed by atoms with E-state index in [0.29, 0.717) is 12.5 Å². The molecule has 0 bridgehead atoms. The summed E-state index contributed by atoms with van der Waals surface area (Å²) in [5.74, 6) is 1.44. The van der Waals surface area contributed by atoms with Crippen LogP contribution < -0.4 is 10.5 Å². The van der Waals surface area contributed by atoms with E-state index < -0.39 is 22.0 Å². The highest BCUT2D eigenvalue weighted by Gasteiger charge is 2.36. The van der Waals surface area contributed by atoms with Crippen LogP contribution in [0.2, 0.25) is 0 Å². The van der Waals surface area contributed by atoms with Gasteiger partial charge in [-0.2, -0.15) is 16.5 Å². The summed E-state index contributed by atoms with van der Waals surface area (Å²) in [6.07, 6.45) is 3.66. The van der Waals surface area contributed by atoms with Crippen LogP contribution in [0.15, 0.2) is 47.4 Å². The summed E-state index contributed by atoms with van der Waals surface area (Å²) in [4.78, 5) is 28.8. The number of fused-ring (bicyclic) bond motifs is 1. The van der Waals surface area contributed by atoms with E-state index in [4.69, 9.17) is 15.9 Å². The highest BCUT2D eigenvalue weighted by Crippen LogP contribution is 2.27. The van der Waals surface area contributed by atoms with Gasteiger partial charge in [0.05, 0.1) is 4.90 Å². The Hall–Kier alpha value is -2.83. The number of hydrogen-bond acceptors (Lipinski definition) is 7. The van der Waals surface area contributed by atoms with E-state index in [2.05, 4.69) is 4.72 Å². The number of piperidine rings is 1. The Bertz CT molecular complexity index is 1300. The van der Waals surface area contributed by atoms with Gasteiger partial charge in [-0.05, 0) is 60.3 Å². The predicted octanol–water partition coefficient (Wildman–Crippen LogP) is 2.38. The van der Waals surface area contributed by atoms with Gasteiger partial charge in [0.15, 0.2) is 5.96 Å². The van der Waals surface area contributed by atoms with Gasteiger partial charge in [0.25, 0.3) is 0 Å². The van der Waals surface area contributed by atoms with Crippen molar-refractivity contribution >= 4 is 50.4 Å². The van der Waals surface area contributed by atoms with Gasteiger partial charge in [0.1, 0.15) is 12.6 Å². The summed E-state index contributed by atoms with van der Waals surface area (Å²) in [7, 11) is -4.06. The number of benzene rings is 2. The Morgan fingerprint density at radius 1 is 1.10 bits per heavy atom. The minimum Gasteiger partial charge on any atom is -0.464 e. The zero-order valence-electron chi connectivity index (χ0n) is 22.2. The van der Waals surface area contributed by atoms with Crippen LogP contribution in [-0.4, -0.2) is 85.9 Å². The van der Waals surface area contributed by atoms with Crippen molar-refractivity contribution in [3.63, 3.8) is 0 Å². The molecule has 2 aromatic rings. The zero-order chi connectivity index (χ0) is 28.0. The van der Waals surface area contributed by atoms with Crippen molar-refractivity contribution in [3.8, 4) is 0 Å². The van der Waals surface area contributed by atoms with Gasteiger partial charge in [0.2, 0.25) is 15.9 Å². The fraction of sp³-hybridized carbons (Fsp3) is 0.519. The molecule has 1 amide bonds. The molecule has 0 aromatic heterocycles. The standard InChI is InChI=1S/C27H37N5O5S2/c1-19(33)37-16-25(30-39(35,36)24-9-8-21-5-2-3-6-22(21)15-24)26(34)32-12-4-7-23(32)18-38-17-20-10-13-31(14-11-20)27(28)29/h2-3,5-6,8-9,15,20,23,25,30H,4,7,10-14,16-18H2,1H3,(H3,28,29)/t23-,25+/m0/s1. The molecular formula is C27H37N5O5S2. The number of hydrogen-bond donors (Lipinski definition) is 3. The Balaban J connectivity index is 1.39. The number of nitrogens with one attached hydrogen (secondary N) is 2. The third kappa shape index (κ3) is 7.64. The number of carbonyl (C=O) groups excluding carboxylic acids is 2. The Kier molecular flexibility index (Phi) is 9.73. The average Bonchev–Trinajstić information content (AvgIpc) is 3.39. The second-order valence-corrected chi connectivity index (χ2v) is 13.0. The van der Waals surface area contributed by atoms with Gasteiger partial charge in [-0.25, -0.2) is 8.42 Å². The molecule has 10 nitrogen and oxygen atoms in total. The van der Waals surface area contributed by atoms with E-state index in [1.54, 1.807) is 17.0 Å². The van der Waals surface area contributed by atoms with Crippen LogP contribution in [0.4, 0.5) is 0 Å². The van der Waals surface area contributed by atoms with Crippen LogP contribution in [0.5, 0.6) is 0 Å². The lowest BCUT2D eigenvalue weighted by atomic mass is 9.99. The van der Waals surface area contributed by atoms with Crippen molar-refractivity contribution in [2.24, 2.45) is 11.7 Å². The van der Waals surface area contributed by atoms with E-state index in [1.807, 2.05) is 40.9 Å². The van der Waals surface area contributed by atoms with Crippen LogP contribution in [0, 0.1) is 11.3 Å². The van der Waals surface area contributed by atoms with Gasteiger partial charge < -0.3 is 20.3 Å². The lowest BCUT2D eigenvalue weighted by Gasteiger charge is -2.32. The number of thioether (sulfide) groups is 1. The number of sulfonamides is 1. The van der Waals surface area contributed by atoms with Crippen LogP contribution in [0.1, 0.15) is 32.6 Å². The number of likely N-dealkylation sites (tertiary alicyclic amines) is 2. The highest BCUT2D eigenvalue weighted by molar-refractivity contribution is 7.99. The quantitative estimate of drug-likeness (QED) is 0.222. The van der Waals surface area contributed by atoms with Gasteiger partial charge in [-0.1, -0.05) is 30.3 Å². The molecule has 39 heavy (non-hydrogen) atoms. The third-order valence-corrected chi connectivity index (χ3v) is 10.2.